The van der Waals surface area contributed by atoms with Crippen molar-refractivity contribution in [2.75, 3.05) is 5.32 Å². The van der Waals surface area contributed by atoms with Crippen LogP contribution in [0.15, 0.2) is 60.7 Å². The zero-order valence-corrected chi connectivity index (χ0v) is 14.5. The first-order valence-corrected chi connectivity index (χ1v) is 8.13. The lowest BCUT2D eigenvalue weighted by molar-refractivity contribution is 0.100. The minimum Gasteiger partial charge on any atom is -0.366 e. The van der Waals surface area contributed by atoms with Crippen LogP contribution in [0.1, 0.15) is 29.8 Å². The van der Waals surface area contributed by atoms with Crippen molar-refractivity contribution in [1.82, 2.24) is 10.2 Å². The lowest BCUT2D eigenvalue weighted by Gasteiger charge is -2.27. The number of carbonyl (C=O) groups excluding carboxylic acids is 1. The van der Waals surface area contributed by atoms with Gasteiger partial charge >= 0.3 is 0 Å². The van der Waals surface area contributed by atoms with Crippen molar-refractivity contribution >= 4 is 11.7 Å². The molecule has 1 amide bonds. The number of nitrogens with two attached hydrogens (primary N) is 1. The Balaban J connectivity index is 1.80. The fourth-order valence-corrected chi connectivity index (χ4v) is 2.64. The molecule has 2 aromatic carbocycles. The summed E-state index contributed by atoms with van der Waals surface area (Å²) in [6, 6.07) is 16.9. The van der Waals surface area contributed by atoms with Crippen LogP contribution < -0.4 is 11.1 Å². The maximum absolute atomic E-state index is 13.1. The van der Waals surface area contributed by atoms with Gasteiger partial charge in [-0.25, -0.2) is 4.39 Å². The first-order chi connectivity index (χ1) is 12.3. The van der Waals surface area contributed by atoms with Crippen LogP contribution in [-0.2, 0) is 5.54 Å². The Labute approximate surface area is 151 Å². The van der Waals surface area contributed by atoms with Crippen molar-refractivity contribution in [2.24, 2.45) is 5.73 Å². The number of primary amides is 1. The third-order valence-electron chi connectivity index (χ3n) is 4.11. The van der Waals surface area contributed by atoms with Crippen LogP contribution in [0.2, 0.25) is 0 Å². The second-order valence-electron chi connectivity index (χ2n) is 6.51. The highest BCUT2D eigenvalue weighted by molar-refractivity contribution is 5.93. The maximum atomic E-state index is 13.1. The number of hydrogen-bond acceptors (Lipinski definition) is 4. The van der Waals surface area contributed by atoms with E-state index in [9.17, 15) is 9.18 Å². The first-order valence-electron chi connectivity index (χ1n) is 8.13. The molecule has 0 radical (unpaired) electrons. The zero-order valence-electron chi connectivity index (χ0n) is 14.5. The summed E-state index contributed by atoms with van der Waals surface area (Å²) < 4.78 is 13.1. The van der Waals surface area contributed by atoms with E-state index in [-0.39, 0.29) is 5.82 Å². The molecule has 1 heterocycles. The monoisotopic (exact) mass is 350 g/mol. The van der Waals surface area contributed by atoms with E-state index in [1.54, 1.807) is 30.3 Å². The molecule has 0 unspecified atom stereocenters. The molecule has 0 atom stereocenters. The summed E-state index contributed by atoms with van der Waals surface area (Å²) in [5.74, 6) is -0.167. The molecule has 3 aromatic rings. The molecule has 0 saturated heterocycles. The average molecular weight is 350 g/mol. The van der Waals surface area contributed by atoms with Gasteiger partial charge in [-0.05, 0) is 55.8 Å². The summed E-state index contributed by atoms with van der Waals surface area (Å²) in [7, 11) is 0. The third-order valence-corrected chi connectivity index (χ3v) is 4.11. The van der Waals surface area contributed by atoms with Crippen molar-refractivity contribution in [1.29, 1.82) is 0 Å². The van der Waals surface area contributed by atoms with E-state index in [1.807, 2.05) is 32.0 Å². The van der Waals surface area contributed by atoms with Gasteiger partial charge in [0.2, 0.25) is 5.91 Å². The SMILES string of the molecule is CC(C)(Nc1ccc(-c2cccc(C(N)=O)c2)nn1)c1ccc(F)cc1. The Kier molecular flexibility index (Phi) is 4.67. The van der Waals surface area contributed by atoms with Crippen LogP contribution in [0.25, 0.3) is 11.3 Å². The maximum Gasteiger partial charge on any atom is 0.248 e. The lowest BCUT2D eigenvalue weighted by atomic mass is 9.94. The van der Waals surface area contributed by atoms with Gasteiger partial charge in [0.15, 0.2) is 0 Å². The molecular formula is C20H19FN4O. The Morgan fingerprint density at radius 2 is 1.77 bits per heavy atom. The molecular weight excluding hydrogens is 331 g/mol. The molecule has 5 nitrogen and oxygen atoms in total. The molecule has 0 bridgehead atoms. The minimum atomic E-state index is -0.487. The quantitative estimate of drug-likeness (QED) is 0.735. The number of anilines is 1. The summed E-state index contributed by atoms with van der Waals surface area (Å²) in [5, 5.41) is 11.7. The molecule has 3 N–H and O–H groups in total. The summed E-state index contributed by atoms with van der Waals surface area (Å²) >= 11 is 0. The van der Waals surface area contributed by atoms with Gasteiger partial charge in [0.1, 0.15) is 11.6 Å². The van der Waals surface area contributed by atoms with E-state index >= 15 is 0 Å². The number of nitrogens with one attached hydrogen (secondary N) is 1. The van der Waals surface area contributed by atoms with Gasteiger partial charge in [-0.3, -0.25) is 4.79 Å². The minimum absolute atomic E-state index is 0.271. The van der Waals surface area contributed by atoms with Crippen LogP contribution in [0.5, 0.6) is 0 Å². The van der Waals surface area contributed by atoms with Gasteiger partial charge in [-0.15, -0.1) is 10.2 Å². The van der Waals surface area contributed by atoms with Crippen LogP contribution in [0.4, 0.5) is 10.2 Å². The summed E-state index contributed by atoms with van der Waals surface area (Å²) in [4.78, 5) is 11.3. The van der Waals surface area contributed by atoms with E-state index in [0.717, 1.165) is 11.1 Å². The smallest absolute Gasteiger partial charge is 0.248 e. The number of carbonyl (C=O) groups is 1. The van der Waals surface area contributed by atoms with Gasteiger partial charge in [0.05, 0.1) is 11.2 Å². The highest BCUT2D eigenvalue weighted by Crippen LogP contribution is 2.25. The van der Waals surface area contributed by atoms with E-state index in [1.165, 1.54) is 12.1 Å². The average Bonchev–Trinajstić information content (AvgIpc) is 2.62. The topological polar surface area (TPSA) is 80.9 Å². The standard InChI is InChI=1S/C20H19FN4O/c1-20(2,15-6-8-16(21)9-7-15)23-18-11-10-17(24-25-18)13-4-3-5-14(12-13)19(22)26/h3-12H,1-2H3,(H2,22,26)(H,23,25). The number of halogens is 1. The summed E-state index contributed by atoms with van der Waals surface area (Å²) in [5.41, 5.74) is 7.61. The fraction of sp³-hybridized carbons (Fsp3) is 0.150. The molecule has 0 fully saturated rings. The molecule has 26 heavy (non-hydrogen) atoms. The summed E-state index contributed by atoms with van der Waals surface area (Å²) in [6.07, 6.45) is 0. The first kappa shape index (κ1) is 17.5. The zero-order chi connectivity index (χ0) is 18.7. The van der Waals surface area contributed by atoms with Crippen molar-refractivity contribution in [2.45, 2.75) is 19.4 Å². The molecule has 6 heteroatoms. The Bertz CT molecular complexity index is 921. The van der Waals surface area contributed by atoms with Crippen molar-refractivity contribution in [3.8, 4) is 11.3 Å². The van der Waals surface area contributed by atoms with E-state index < -0.39 is 11.4 Å². The normalized spacial score (nSPS) is 11.2. The molecule has 0 saturated carbocycles. The highest BCUT2D eigenvalue weighted by Gasteiger charge is 2.21. The molecule has 0 aliphatic heterocycles. The van der Waals surface area contributed by atoms with E-state index in [4.69, 9.17) is 5.73 Å². The van der Waals surface area contributed by atoms with Gasteiger partial charge < -0.3 is 11.1 Å². The van der Waals surface area contributed by atoms with Crippen LogP contribution in [-0.4, -0.2) is 16.1 Å². The van der Waals surface area contributed by atoms with Crippen LogP contribution in [0.3, 0.4) is 0 Å². The Morgan fingerprint density at radius 3 is 2.38 bits per heavy atom. The van der Waals surface area contributed by atoms with Crippen molar-refractivity contribution in [3.05, 3.63) is 77.6 Å². The van der Waals surface area contributed by atoms with E-state index in [2.05, 4.69) is 15.5 Å². The fourth-order valence-electron chi connectivity index (χ4n) is 2.64. The number of rotatable bonds is 5. The number of nitrogens with zero attached hydrogens (tertiary/aromatic N) is 2. The van der Waals surface area contributed by atoms with Gasteiger partial charge in [-0.2, -0.15) is 0 Å². The van der Waals surface area contributed by atoms with Gasteiger partial charge in [-0.1, -0.05) is 24.3 Å². The van der Waals surface area contributed by atoms with Crippen molar-refractivity contribution < 1.29 is 9.18 Å². The molecule has 0 spiro atoms. The van der Waals surface area contributed by atoms with E-state index in [0.29, 0.717) is 17.1 Å². The number of benzene rings is 2. The summed E-state index contributed by atoms with van der Waals surface area (Å²) in [6.45, 7) is 3.96. The molecule has 132 valence electrons. The third kappa shape index (κ3) is 3.85. The second kappa shape index (κ2) is 6.92. The number of amides is 1. The number of aromatic nitrogens is 2. The van der Waals surface area contributed by atoms with Crippen molar-refractivity contribution in [3.63, 3.8) is 0 Å². The predicted molar refractivity (Wildman–Crippen MR) is 99.0 cm³/mol. The lowest BCUT2D eigenvalue weighted by Crippen LogP contribution is -2.28. The van der Waals surface area contributed by atoms with Crippen LogP contribution >= 0.6 is 0 Å². The molecule has 0 aliphatic carbocycles. The van der Waals surface area contributed by atoms with Crippen LogP contribution in [0, 0.1) is 5.82 Å². The number of hydrogen-bond donors (Lipinski definition) is 2. The predicted octanol–water partition coefficient (Wildman–Crippen LogP) is 3.73. The second-order valence-corrected chi connectivity index (χ2v) is 6.51. The Morgan fingerprint density at radius 1 is 1.04 bits per heavy atom. The molecule has 0 aliphatic rings. The molecule has 1 aromatic heterocycles. The Hall–Kier alpha value is -3.28. The van der Waals surface area contributed by atoms with Gasteiger partial charge in [0, 0.05) is 11.1 Å². The largest absolute Gasteiger partial charge is 0.366 e. The van der Waals surface area contributed by atoms with Gasteiger partial charge in [0.25, 0.3) is 0 Å². The molecule has 3 rings (SSSR count). The highest BCUT2D eigenvalue weighted by atomic mass is 19.1.